The molecule has 2 aliphatic heterocycles. The van der Waals surface area contributed by atoms with Crippen LogP contribution >= 0.6 is 7.75 Å². The van der Waals surface area contributed by atoms with E-state index in [0.29, 0.717) is 4.90 Å². The lowest BCUT2D eigenvalue weighted by Gasteiger charge is -2.34. The number of ether oxygens (including phenoxy) is 2. The number of para-hydroxylation sites is 1. The molecule has 14 heteroatoms. The summed E-state index contributed by atoms with van der Waals surface area (Å²) in [5.41, 5.74) is 2.71. The van der Waals surface area contributed by atoms with E-state index in [1.807, 2.05) is 0 Å². The van der Waals surface area contributed by atoms with Gasteiger partial charge in [-0.2, -0.15) is 10.1 Å². The van der Waals surface area contributed by atoms with Crippen molar-refractivity contribution in [1.82, 2.24) is 9.99 Å². The number of aliphatic hydroxyl groups excluding tert-OH is 1. The molecule has 4 N–H and O–H groups in total. The van der Waals surface area contributed by atoms with Gasteiger partial charge in [0.25, 0.3) is 0 Å². The van der Waals surface area contributed by atoms with Crippen molar-refractivity contribution in [2.24, 2.45) is 10.7 Å². The summed E-state index contributed by atoms with van der Waals surface area (Å²) in [6, 6.07) is 5.07. The van der Waals surface area contributed by atoms with Crippen molar-refractivity contribution in [2.75, 3.05) is 13.1 Å². The number of esters is 1. The molecule has 36 heavy (non-hydrogen) atoms. The van der Waals surface area contributed by atoms with Crippen LogP contribution in [0.3, 0.4) is 0 Å². The van der Waals surface area contributed by atoms with E-state index in [2.05, 4.69) is 10.1 Å². The topological polar surface area (TPSA) is 162 Å². The second kappa shape index (κ2) is 11.2. The quantitative estimate of drug-likeness (QED) is 0.300. The minimum atomic E-state index is -4.82. The number of aliphatic imine (C=N–C) groups is 1. The summed E-state index contributed by atoms with van der Waals surface area (Å²) >= 11 is 0. The second-order valence-electron chi connectivity index (χ2n) is 8.63. The van der Waals surface area contributed by atoms with Crippen LogP contribution in [0.1, 0.15) is 38.2 Å². The molecule has 1 fully saturated rings. The number of carbonyl (C=O) groups excluding carboxylic acids is 2. The van der Waals surface area contributed by atoms with Crippen molar-refractivity contribution in [3.8, 4) is 5.75 Å². The number of halogens is 1. The van der Waals surface area contributed by atoms with Gasteiger partial charge in [-0.05, 0) is 39.8 Å². The Morgan fingerprint density at radius 3 is 2.75 bits per heavy atom. The monoisotopic (exact) mass is 533 g/mol. The van der Waals surface area contributed by atoms with Crippen LogP contribution in [0.15, 0.2) is 35.3 Å². The van der Waals surface area contributed by atoms with Gasteiger partial charge in [-0.15, -0.1) is 0 Å². The van der Waals surface area contributed by atoms with E-state index in [1.165, 1.54) is 31.2 Å². The standard InChI is InChI=1S/C22H32FN4O8P/c1-13(2)33-19(29)14(3)26-36(31,35-15-8-6-5-7-9-15)32-12-16-18(28)22(4,23)20(34-16)27-11-10-17(24)25-21(27)30/h5-9,13-14,16,18,20,28H,10-12H2,1-4H3,(H,26,31)(H2,24,25,30)/t14-,16+,18+,20+,22+,36-/m0/s1/i11D,12D2/t11?,14-,16+,18+,20+,22+,36-. The number of nitrogens with one attached hydrogen (secondary N) is 1. The average molecular weight is 534 g/mol. The molecule has 7 atom stereocenters. The maximum atomic E-state index is 15.8. The van der Waals surface area contributed by atoms with Gasteiger partial charge in [0.1, 0.15) is 29.8 Å². The number of nitrogens with two attached hydrogens (primary N) is 1. The predicted octanol–water partition coefficient (Wildman–Crippen LogP) is 2.12. The Hall–Kier alpha value is -2.57. The van der Waals surface area contributed by atoms with Crippen LogP contribution in [0, 0.1) is 0 Å². The normalized spacial score (nSPS) is 32.6. The zero-order valence-corrected chi connectivity index (χ0v) is 21.1. The number of amidine groups is 1. The molecule has 12 nitrogen and oxygen atoms in total. The van der Waals surface area contributed by atoms with Crippen molar-refractivity contribution in [3.63, 3.8) is 0 Å². The van der Waals surface area contributed by atoms with Crippen molar-refractivity contribution >= 4 is 25.6 Å². The molecule has 3 rings (SSSR count). The number of alkyl halides is 1. The van der Waals surface area contributed by atoms with Crippen molar-refractivity contribution in [3.05, 3.63) is 30.3 Å². The molecular weight excluding hydrogens is 498 g/mol. The van der Waals surface area contributed by atoms with Gasteiger partial charge in [0, 0.05) is 12.9 Å². The lowest BCUT2D eigenvalue weighted by molar-refractivity contribution is -0.149. The number of aliphatic hydroxyl groups is 1. The van der Waals surface area contributed by atoms with E-state index in [0.717, 1.165) is 6.92 Å². The first-order valence-electron chi connectivity index (χ1n) is 12.7. The van der Waals surface area contributed by atoms with Gasteiger partial charge in [0.15, 0.2) is 11.9 Å². The average Bonchev–Trinajstić information content (AvgIpc) is 3.02. The highest BCUT2D eigenvalue weighted by Crippen LogP contribution is 2.46. The number of nitrogens with zero attached hydrogens (tertiary/aromatic N) is 2. The Bertz CT molecular complexity index is 1150. The molecule has 0 bridgehead atoms. The summed E-state index contributed by atoms with van der Waals surface area (Å²) in [4.78, 5) is 28.8. The first-order chi connectivity index (χ1) is 18.0. The zero-order chi connectivity index (χ0) is 29.3. The van der Waals surface area contributed by atoms with Gasteiger partial charge in [-0.1, -0.05) is 18.2 Å². The van der Waals surface area contributed by atoms with Crippen LogP contribution in [0.4, 0.5) is 9.18 Å². The van der Waals surface area contributed by atoms with E-state index < -0.39 is 69.1 Å². The summed E-state index contributed by atoms with van der Waals surface area (Å²) in [7, 11) is -4.82. The minimum Gasteiger partial charge on any atom is -0.462 e. The molecule has 1 unspecified atom stereocenters. The fourth-order valence-corrected chi connectivity index (χ4v) is 4.71. The summed E-state index contributed by atoms with van der Waals surface area (Å²) in [6.07, 6.45) is -7.16. The second-order valence-corrected chi connectivity index (χ2v) is 10.3. The number of amides is 2. The lowest BCUT2D eigenvalue weighted by atomic mass is 9.98. The van der Waals surface area contributed by atoms with Gasteiger partial charge in [0.05, 0.1) is 16.8 Å². The Balaban J connectivity index is 1.90. The smallest absolute Gasteiger partial charge is 0.459 e. The highest BCUT2D eigenvalue weighted by Gasteiger charge is 2.58. The Morgan fingerprint density at radius 2 is 2.14 bits per heavy atom. The minimum absolute atomic E-state index is 0.0268. The van der Waals surface area contributed by atoms with Gasteiger partial charge in [0.2, 0.25) is 0 Å². The molecule has 2 aliphatic rings. The van der Waals surface area contributed by atoms with Gasteiger partial charge < -0.3 is 24.8 Å². The van der Waals surface area contributed by atoms with E-state index in [9.17, 15) is 19.3 Å². The molecule has 0 saturated carbocycles. The van der Waals surface area contributed by atoms with Gasteiger partial charge in [-0.25, -0.2) is 13.8 Å². The summed E-state index contributed by atoms with van der Waals surface area (Å²) in [5, 5.41) is 13.0. The first kappa shape index (κ1) is 23.8. The van der Waals surface area contributed by atoms with Crippen LogP contribution < -0.4 is 15.3 Å². The van der Waals surface area contributed by atoms with Gasteiger partial charge >= 0.3 is 19.7 Å². The molecule has 2 amide bonds. The summed E-state index contributed by atoms with van der Waals surface area (Å²) in [6.45, 7) is 0.647. The fraction of sp³-hybridized carbons (Fsp3) is 0.591. The van der Waals surface area contributed by atoms with Crippen LogP contribution in [-0.2, 0) is 23.4 Å². The van der Waals surface area contributed by atoms with E-state index >= 15 is 4.39 Å². The van der Waals surface area contributed by atoms with Crippen molar-refractivity contribution < 1.29 is 46.3 Å². The zero-order valence-electron chi connectivity index (χ0n) is 23.2. The van der Waals surface area contributed by atoms with Crippen LogP contribution in [0.5, 0.6) is 5.75 Å². The number of hydrogen-bond acceptors (Lipinski definition) is 9. The molecule has 200 valence electrons. The maximum Gasteiger partial charge on any atom is 0.459 e. The summed E-state index contributed by atoms with van der Waals surface area (Å²) < 4.78 is 75.7. The number of carbonyl (C=O) groups is 2. The Morgan fingerprint density at radius 1 is 1.47 bits per heavy atom. The predicted molar refractivity (Wildman–Crippen MR) is 127 cm³/mol. The number of rotatable bonds is 10. The molecule has 2 heterocycles. The van der Waals surface area contributed by atoms with Crippen LogP contribution in [-0.4, -0.2) is 77.2 Å². The SMILES string of the molecule is [2H]C1CC(N)=NC(=O)N1[C@@H]1O[C@H](C([2H])([2H])O[P@@](=O)(N[C@@H](C)C(=O)OC(C)C)Oc2ccccc2)[C@@H](O)[C@@]1(C)F. The maximum absolute atomic E-state index is 15.8. The van der Waals surface area contributed by atoms with E-state index in [4.69, 9.17) is 28.4 Å². The molecule has 0 aliphatic carbocycles. The lowest BCUT2D eigenvalue weighted by Crippen LogP contribution is -2.54. The largest absolute Gasteiger partial charge is 0.462 e. The summed E-state index contributed by atoms with van der Waals surface area (Å²) in [5.74, 6) is -1.02. The highest BCUT2D eigenvalue weighted by molar-refractivity contribution is 7.52. The molecule has 0 spiro atoms. The number of hydrogen-bond donors (Lipinski definition) is 3. The molecule has 1 aromatic rings. The highest BCUT2D eigenvalue weighted by atomic mass is 31.2. The Kier molecular flexibility index (Phi) is 7.42. The molecule has 1 aromatic carbocycles. The third-order valence-corrected chi connectivity index (χ3v) is 6.65. The Labute approximate surface area is 212 Å². The first-order valence-corrected chi connectivity index (χ1v) is 12.6. The third-order valence-electron chi connectivity index (χ3n) is 5.15. The van der Waals surface area contributed by atoms with Crippen LogP contribution in [0.25, 0.3) is 0 Å². The molecular formula is C22H32FN4O8P. The third kappa shape index (κ3) is 6.60. The number of urea groups is 1. The number of benzene rings is 1. The van der Waals surface area contributed by atoms with E-state index in [-0.39, 0.29) is 18.0 Å². The molecule has 1 saturated heterocycles. The molecule has 0 radical (unpaired) electrons. The molecule has 0 aromatic heterocycles. The fourth-order valence-electron chi connectivity index (χ4n) is 3.35. The van der Waals surface area contributed by atoms with Crippen molar-refractivity contribution in [1.29, 1.82) is 0 Å². The van der Waals surface area contributed by atoms with Crippen LogP contribution in [0.2, 0.25) is 0 Å². The van der Waals surface area contributed by atoms with Gasteiger partial charge in [-0.3, -0.25) is 14.2 Å². The van der Waals surface area contributed by atoms with Crippen molar-refractivity contribution in [2.45, 2.75) is 70.4 Å². The van der Waals surface area contributed by atoms with E-state index in [1.54, 1.807) is 19.9 Å².